The molecule has 112 valence electrons. The van der Waals surface area contributed by atoms with Gasteiger partial charge in [0.25, 0.3) is 0 Å². The first-order valence-electron chi connectivity index (χ1n) is 6.96. The number of benzene rings is 1. The monoisotopic (exact) mass is 376 g/mol. The molecule has 0 saturated carbocycles. The molecule has 5 heteroatoms. The van der Waals surface area contributed by atoms with Crippen molar-refractivity contribution in [2.75, 3.05) is 25.4 Å². The first-order chi connectivity index (χ1) is 9.43. The van der Waals surface area contributed by atoms with Crippen LogP contribution in [0, 0.1) is 0 Å². The Hall–Kier alpha value is 0.260. The zero-order chi connectivity index (χ0) is 14.8. The van der Waals surface area contributed by atoms with E-state index in [0.717, 1.165) is 33.9 Å². The molecule has 1 fully saturated rings. The summed E-state index contributed by atoms with van der Waals surface area (Å²) in [5, 5.41) is 0.797. The van der Waals surface area contributed by atoms with E-state index in [-0.39, 0.29) is 6.04 Å². The molecular formula is C15H22BrClN2S. The lowest BCUT2D eigenvalue weighted by Crippen LogP contribution is -2.36. The molecule has 1 aromatic rings. The van der Waals surface area contributed by atoms with Crippen molar-refractivity contribution < 1.29 is 0 Å². The van der Waals surface area contributed by atoms with Crippen molar-refractivity contribution in [1.29, 1.82) is 0 Å². The van der Waals surface area contributed by atoms with Gasteiger partial charge in [-0.05, 0) is 24.1 Å². The Morgan fingerprint density at radius 2 is 2.20 bits per heavy atom. The summed E-state index contributed by atoms with van der Waals surface area (Å²) in [6, 6.07) is 6.30. The molecule has 0 bridgehead atoms. The van der Waals surface area contributed by atoms with E-state index in [2.05, 4.69) is 52.5 Å². The Morgan fingerprint density at radius 3 is 2.85 bits per heavy atom. The molecule has 0 aromatic heterocycles. The zero-order valence-corrected chi connectivity index (χ0v) is 15.2. The molecule has 0 radical (unpaired) electrons. The van der Waals surface area contributed by atoms with Gasteiger partial charge < -0.3 is 5.73 Å². The Labute approximate surface area is 139 Å². The summed E-state index contributed by atoms with van der Waals surface area (Å²) in [5.41, 5.74) is 7.18. The SMILES string of the molecule is CC1(C)CCN(C(CN)c2ccc(Br)cc2Cl)CCS1. The van der Waals surface area contributed by atoms with Crippen LogP contribution < -0.4 is 5.73 Å². The van der Waals surface area contributed by atoms with Gasteiger partial charge in [0.05, 0.1) is 0 Å². The molecule has 1 aliphatic rings. The molecule has 2 rings (SSSR count). The van der Waals surface area contributed by atoms with Crippen molar-refractivity contribution in [2.45, 2.75) is 31.1 Å². The van der Waals surface area contributed by atoms with Crippen LogP contribution in [-0.2, 0) is 0 Å². The molecule has 1 aliphatic heterocycles. The van der Waals surface area contributed by atoms with Gasteiger partial charge in [-0.2, -0.15) is 11.8 Å². The zero-order valence-electron chi connectivity index (χ0n) is 12.0. The van der Waals surface area contributed by atoms with Gasteiger partial charge in [-0.3, -0.25) is 4.90 Å². The van der Waals surface area contributed by atoms with Crippen molar-refractivity contribution in [3.05, 3.63) is 33.3 Å². The lowest BCUT2D eigenvalue weighted by molar-refractivity contribution is 0.211. The molecule has 20 heavy (non-hydrogen) atoms. The van der Waals surface area contributed by atoms with Gasteiger partial charge >= 0.3 is 0 Å². The molecule has 1 heterocycles. The highest BCUT2D eigenvalue weighted by Gasteiger charge is 2.28. The van der Waals surface area contributed by atoms with Crippen LogP contribution in [0.25, 0.3) is 0 Å². The predicted octanol–water partition coefficient (Wildman–Crippen LogP) is 4.32. The van der Waals surface area contributed by atoms with E-state index in [1.54, 1.807) is 0 Å². The average molecular weight is 378 g/mol. The summed E-state index contributed by atoms with van der Waals surface area (Å²) in [5.74, 6) is 1.15. The van der Waals surface area contributed by atoms with Crippen LogP contribution in [0.15, 0.2) is 22.7 Å². The van der Waals surface area contributed by atoms with Crippen LogP contribution in [0.3, 0.4) is 0 Å². The van der Waals surface area contributed by atoms with Gasteiger partial charge in [-0.1, -0.05) is 47.4 Å². The standard InChI is InChI=1S/C15H22BrClN2S/c1-15(2)5-6-19(7-8-20-15)14(10-18)12-4-3-11(16)9-13(12)17/h3-4,9,14H,5-8,10,18H2,1-2H3. The minimum Gasteiger partial charge on any atom is -0.329 e. The van der Waals surface area contributed by atoms with E-state index in [9.17, 15) is 0 Å². The molecule has 1 atom stereocenters. The Bertz CT molecular complexity index is 467. The number of halogens is 2. The molecule has 2 N–H and O–H groups in total. The number of nitrogens with two attached hydrogens (primary N) is 1. The van der Waals surface area contributed by atoms with Crippen LogP contribution >= 0.6 is 39.3 Å². The molecule has 0 spiro atoms. The maximum atomic E-state index is 6.40. The minimum absolute atomic E-state index is 0.213. The maximum Gasteiger partial charge on any atom is 0.0485 e. The van der Waals surface area contributed by atoms with Gasteiger partial charge in [0.1, 0.15) is 0 Å². The summed E-state index contributed by atoms with van der Waals surface area (Å²) in [4.78, 5) is 2.48. The first-order valence-corrected chi connectivity index (χ1v) is 9.11. The van der Waals surface area contributed by atoms with Crippen molar-refractivity contribution in [2.24, 2.45) is 5.73 Å². The third-order valence-electron chi connectivity index (χ3n) is 3.86. The highest BCUT2D eigenvalue weighted by atomic mass is 79.9. The van der Waals surface area contributed by atoms with Gasteiger partial charge in [-0.15, -0.1) is 0 Å². The highest BCUT2D eigenvalue weighted by molar-refractivity contribution is 9.10. The van der Waals surface area contributed by atoms with Gasteiger partial charge in [0.2, 0.25) is 0 Å². The topological polar surface area (TPSA) is 29.3 Å². The Morgan fingerprint density at radius 1 is 1.45 bits per heavy atom. The van der Waals surface area contributed by atoms with Crippen LogP contribution in [-0.4, -0.2) is 35.0 Å². The van der Waals surface area contributed by atoms with E-state index in [1.165, 1.54) is 6.42 Å². The number of hydrogen-bond acceptors (Lipinski definition) is 3. The summed E-state index contributed by atoms with van der Waals surface area (Å²) in [7, 11) is 0. The van der Waals surface area contributed by atoms with Crippen LogP contribution in [0.4, 0.5) is 0 Å². The van der Waals surface area contributed by atoms with E-state index in [4.69, 9.17) is 17.3 Å². The first kappa shape index (κ1) is 16.6. The fourth-order valence-corrected chi connectivity index (χ4v) is 4.51. The van der Waals surface area contributed by atoms with E-state index < -0.39 is 0 Å². The normalized spacial score (nSPS) is 21.4. The number of thioether (sulfide) groups is 1. The lowest BCUT2D eigenvalue weighted by atomic mass is 10.0. The lowest BCUT2D eigenvalue weighted by Gasteiger charge is -2.31. The van der Waals surface area contributed by atoms with Gasteiger partial charge in [0.15, 0.2) is 0 Å². The minimum atomic E-state index is 0.213. The molecule has 1 saturated heterocycles. The average Bonchev–Trinajstić information content (AvgIpc) is 2.54. The summed E-state index contributed by atoms with van der Waals surface area (Å²) >= 11 is 11.9. The number of rotatable bonds is 3. The number of nitrogens with zero attached hydrogens (tertiary/aromatic N) is 1. The summed E-state index contributed by atoms with van der Waals surface area (Å²) < 4.78 is 1.37. The van der Waals surface area contributed by atoms with E-state index in [1.807, 2.05) is 12.1 Å². The number of hydrogen-bond donors (Lipinski definition) is 1. The van der Waals surface area contributed by atoms with Crippen molar-refractivity contribution in [3.63, 3.8) is 0 Å². The molecular weight excluding hydrogens is 356 g/mol. The van der Waals surface area contributed by atoms with Crippen molar-refractivity contribution in [3.8, 4) is 0 Å². The van der Waals surface area contributed by atoms with Crippen LogP contribution in [0.2, 0.25) is 5.02 Å². The van der Waals surface area contributed by atoms with Crippen molar-refractivity contribution >= 4 is 39.3 Å². The van der Waals surface area contributed by atoms with E-state index >= 15 is 0 Å². The van der Waals surface area contributed by atoms with Crippen LogP contribution in [0.5, 0.6) is 0 Å². The largest absolute Gasteiger partial charge is 0.329 e. The second kappa shape index (κ2) is 7.01. The third-order valence-corrected chi connectivity index (χ3v) is 6.05. The Balaban J connectivity index is 2.19. The summed E-state index contributed by atoms with van der Waals surface area (Å²) in [6.07, 6.45) is 1.18. The predicted molar refractivity (Wildman–Crippen MR) is 93.7 cm³/mol. The van der Waals surface area contributed by atoms with E-state index in [0.29, 0.717) is 11.3 Å². The fraction of sp³-hybridized carbons (Fsp3) is 0.600. The van der Waals surface area contributed by atoms with Gasteiger partial charge in [0, 0.05) is 45.7 Å². The third kappa shape index (κ3) is 4.14. The summed E-state index contributed by atoms with van der Waals surface area (Å²) in [6.45, 7) is 7.40. The van der Waals surface area contributed by atoms with Crippen LogP contribution in [0.1, 0.15) is 31.9 Å². The maximum absolute atomic E-state index is 6.40. The van der Waals surface area contributed by atoms with Crippen molar-refractivity contribution in [1.82, 2.24) is 4.90 Å². The fourth-order valence-electron chi connectivity index (χ4n) is 2.59. The highest BCUT2D eigenvalue weighted by Crippen LogP contribution is 2.35. The second-order valence-electron chi connectivity index (χ2n) is 5.81. The molecule has 0 aliphatic carbocycles. The van der Waals surface area contributed by atoms with Gasteiger partial charge in [-0.25, -0.2) is 0 Å². The molecule has 1 aromatic carbocycles. The molecule has 2 nitrogen and oxygen atoms in total. The smallest absolute Gasteiger partial charge is 0.0485 e. The molecule has 1 unspecified atom stereocenters. The second-order valence-corrected chi connectivity index (χ2v) is 8.94. The quantitative estimate of drug-likeness (QED) is 0.850. The molecule has 0 amide bonds. The Kier molecular flexibility index (Phi) is 5.83.